The van der Waals surface area contributed by atoms with Gasteiger partial charge in [-0.1, -0.05) is 24.3 Å². The molecule has 0 saturated carbocycles. The second-order valence-corrected chi connectivity index (χ2v) is 8.91. The normalized spacial score (nSPS) is 17.3. The molecule has 0 bridgehead atoms. The highest BCUT2D eigenvalue weighted by molar-refractivity contribution is 8.00. The van der Waals surface area contributed by atoms with Gasteiger partial charge in [0, 0.05) is 24.4 Å². The van der Waals surface area contributed by atoms with Crippen molar-refractivity contribution in [2.24, 2.45) is 0 Å². The van der Waals surface area contributed by atoms with Crippen LogP contribution < -0.4 is 15.0 Å². The van der Waals surface area contributed by atoms with Crippen molar-refractivity contribution in [1.29, 1.82) is 0 Å². The van der Waals surface area contributed by atoms with Crippen LogP contribution in [0.1, 0.15) is 30.9 Å². The van der Waals surface area contributed by atoms with Gasteiger partial charge in [0.15, 0.2) is 0 Å². The fraction of sp³-hybridized carbons (Fsp3) is 0.417. The minimum Gasteiger partial charge on any atom is -0.497 e. The van der Waals surface area contributed by atoms with E-state index in [1.165, 1.54) is 12.8 Å². The summed E-state index contributed by atoms with van der Waals surface area (Å²) in [5, 5.41) is 3.11. The first-order valence-electron chi connectivity index (χ1n) is 10.8. The third kappa shape index (κ3) is 5.22. The lowest BCUT2D eigenvalue weighted by Gasteiger charge is -2.30. The Bertz CT molecular complexity index is 930. The van der Waals surface area contributed by atoms with Crippen LogP contribution in [0.15, 0.2) is 53.4 Å². The Morgan fingerprint density at radius 1 is 1.16 bits per heavy atom. The molecule has 2 aliphatic rings. The zero-order valence-corrected chi connectivity index (χ0v) is 18.7. The third-order valence-electron chi connectivity index (χ3n) is 5.92. The van der Waals surface area contributed by atoms with Gasteiger partial charge in [-0.2, -0.15) is 0 Å². The molecule has 2 aliphatic heterocycles. The predicted octanol–water partition coefficient (Wildman–Crippen LogP) is 3.48. The van der Waals surface area contributed by atoms with Crippen LogP contribution in [-0.2, 0) is 9.59 Å². The molecule has 0 aromatic heterocycles. The van der Waals surface area contributed by atoms with E-state index in [2.05, 4.69) is 22.3 Å². The standard InChI is InChI=1S/C24H29N3O3S/c1-30-19-8-6-7-18(15-19)21(26-12-4-5-13-26)16-25-23(28)11-14-27-20-9-2-3-10-22(20)31-17-24(27)29/h2-3,6-10,15,21H,4-5,11-14,16-17H2,1H3,(H,25,28). The molecule has 0 aliphatic carbocycles. The number of nitrogens with zero attached hydrogens (tertiary/aromatic N) is 2. The van der Waals surface area contributed by atoms with Gasteiger partial charge < -0.3 is 15.0 Å². The molecule has 2 aromatic carbocycles. The number of fused-ring (bicyclic) bond motifs is 1. The second-order valence-electron chi connectivity index (χ2n) is 7.89. The van der Waals surface area contributed by atoms with Gasteiger partial charge in [0.25, 0.3) is 0 Å². The summed E-state index contributed by atoms with van der Waals surface area (Å²) in [6.45, 7) is 3.02. The van der Waals surface area contributed by atoms with E-state index in [1.807, 2.05) is 36.4 Å². The summed E-state index contributed by atoms with van der Waals surface area (Å²) < 4.78 is 5.39. The van der Waals surface area contributed by atoms with Crippen LogP contribution in [0, 0.1) is 0 Å². The monoisotopic (exact) mass is 439 g/mol. The minimum atomic E-state index is -0.0319. The average molecular weight is 440 g/mol. The third-order valence-corrected chi connectivity index (χ3v) is 6.97. The lowest BCUT2D eigenvalue weighted by atomic mass is 10.0. The maximum absolute atomic E-state index is 12.7. The molecule has 6 nitrogen and oxygen atoms in total. The zero-order valence-electron chi connectivity index (χ0n) is 17.9. The lowest BCUT2D eigenvalue weighted by molar-refractivity contribution is -0.121. The Labute approximate surface area is 187 Å². The molecule has 164 valence electrons. The highest BCUT2D eigenvalue weighted by Gasteiger charge is 2.26. The summed E-state index contributed by atoms with van der Waals surface area (Å²) >= 11 is 1.56. The summed E-state index contributed by atoms with van der Waals surface area (Å²) in [6.07, 6.45) is 2.65. The van der Waals surface area contributed by atoms with Gasteiger partial charge in [0.05, 0.1) is 24.6 Å². The Hall–Kier alpha value is -2.51. The number of benzene rings is 2. The number of methoxy groups -OCH3 is 1. The summed E-state index contributed by atoms with van der Waals surface area (Å²) in [5.74, 6) is 1.28. The molecule has 2 amide bonds. The van der Waals surface area contributed by atoms with Crippen molar-refractivity contribution in [2.45, 2.75) is 30.2 Å². The number of carbonyl (C=O) groups excluding carboxylic acids is 2. The molecule has 1 saturated heterocycles. The van der Waals surface area contributed by atoms with Gasteiger partial charge in [-0.3, -0.25) is 14.5 Å². The number of hydrogen-bond acceptors (Lipinski definition) is 5. The minimum absolute atomic E-state index is 0.0319. The predicted molar refractivity (Wildman–Crippen MR) is 124 cm³/mol. The molecule has 2 heterocycles. The van der Waals surface area contributed by atoms with Crippen molar-refractivity contribution in [3.8, 4) is 5.75 Å². The van der Waals surface area contributed by atoms with E-state index in [1.54, 1.807) is 23.8 Å². The number of ether oxygens (including phenoxy) is 1. The Kier molecular flexibility index (Phi) is 7.14. The number of anilines is 1. The van der Waals surface area contributed by atoms with Crippen LogP contribution in [0.25, 0.3) is 0 Å². The lowest BCUT2D eigenvalue weighted by Crippen LogP contribution is -2.40. The van der Waals surface area contributed by atoms with Crippen LogP contribution >= 0.6 is 11.8 Å². The Balaban J connectivity index is 1.37. The molecule has 0 spiro atoms. The maximum atomic E-state index is 12.7. The maximum Gasteiger partial charge on any atom is 0.237 e. The Morgan fingerprint density at radius 3 is 2.77 bits per heavy atom. The van der Waals surface area contributed by atoms with Crippen molar-refractivity contribution in [3.05, 3.63) is 54.1 Å². The molecule has 0 radical (unpaired) electrons. The van der Waals surface area contributed by atoms with E-state index in [-0.39, 0.29) is 24.3 Å². The number of thioether (sulfide) groups is 1. The van der Waals surface area contributed by atoms with E-state index in [9.17, 15) is 9.59 Å². The van der Waals surface area contributed by atoms with Crippen LogP contribution in [0.3, 0.4) is 0 Å². The average Bonchev–Trinajstić information content (AvgIpc) is 3.33. The number of rotatable bonds is 8. The van der Waals surface area contributed by atoms with Crippen molar-refractivity contribution < 1.29 is 14.3 Å². The first-order chi connectivity index (χ1) is 15.2. The van der Waals surface area contributed by atoms with E-state index < -0.39 is 0 Å². The van der Waals surface area contributed by atoms with Crippen molar-refractivity contribution in [2.75, 3.05) is 43.9 Å². The quantitative estimate of drug-likeness (QED) is 0.682. The SMILES string of the molecule is COc1cccc(C(CNC(=O)CCN2C(=O)CSc3ccccc32)N2CCCC2)c1. The van der Waals surface area contributed by atoms with Gasteiger partial charge in [0.1, 0.15) is 5.75 Å². The molecule has 1 fully saturated rings. The van der Waals surface area contributed by atoms with E-state index in [0.717, 1.165) is 35.0 Å². The highest BCUT2D eigenvalue weighted by atomic mass is 32.2. The summed E-state index contributed by atoms with van der Waals surface area (Å²) in [7, 11) is 1.67. The summed E-state index contributed by atoms with van der Waals surface area (Å²) in [6, 6.07) is 16.1. The summed E-state index contributed by atoms with van der Waals surface area (Å²) in [5.41, 5.74) is 2.06. The molecular weight excluding hydrogens is 410 g/mol. The Morgan fingerprint density at radius 2 is 1.97 bits per heavy atom. The van der Waals surface area contributed by atoms with Gasteiger partial charge in [-0.05, 0) is 55.8 Å². The molecular formula is C24H29N3O3S. The molecule has 1 unspecified atom stereocenters. The topological polar surface area (TPSA) is 61.9 Å². The number of nitrogens with one attached hydrogen (secondary N) is 1. The van der Waals surface area contributed by atoms with Gasteiger partial charge in [0.2, 0.25) is 11.8 Å². The van der Waals surface area contributed by atoms with Gasteiger partial charge >= 0.3 is 0 Å². The van der Waals surface area contributed by atoms with Crippen LogP contribution in [0.5, 0.6) is 5.75 Å². The van der Waals surface area contributed by atoms with Crippen LogP contribution in [0.2, 0.25) is 0 Å². The fourth-order valence-corrected chi connectivity index (χ4v) is 5.21. The van der Waals surface area contributed by atoms with Crippen molar-refractivity contribution in [3.63, 3.8) is 0 Å². The van der Waals surface area contributed by atoms with Crippen molar-refractivity contribution in [1.82, 2.24) is 10.2 Å². The van der Waals surface area contributed by atoms with Crippen LogP contribution in [-0.4, -0.2) is 55.8 Å². The molecule has 31 heavy (non-hydrogen) atoms. The zero-order chi connectivity index (χ0) is 21.6. The smallest absolute Gasteiger partial charge is 0.237 e. The number of likely N-dealkylation sites (tertiary alicyclic amines) is 1. The first kappa shape index (κ1) is 21.7. The first-order valence-corrected chi connectivity index (χ1v) is 11.8. The molecule has 1 N–H and O–H groups in total. The van der Waals surface area contributed by atoms with Gasteiger partial charge in [-0.15, -0.1) is 11.8 Å². The highest BCUT2D eigenvalue weighted by Crippen LogP contribution is 2.35. The second kappa shape index (κ2) is 10.2. The van der Waals surface area contributed by atoms with E-state index >= 15 is 0 Å². The van der Waals surface area contributed by atoms with E-state index in [4.69, 9.17) is 4.74 Å². The molecule has 4 rings (SSSR count). The van der Waals surface area contributed by atoms with Crippen molar-refractivity contribution >= 4 is 29.3 Å². The molecule has 2 aromatic rings. The number of carbonyl (C=O) groups is 2. The molecule has 1 atom stereocenters. The van der Waals surface area contributed by atoms with E-state index in [0.29, 0.717) is 18.8 Å². The number of hydrogen-bond donors (Lipinski definition) is 1. The van der Waals surface area contributed by atoms with Gasteiger partial charge in [-0.25, -0.2) is 0 Å². The molecule has 7 heteroatoms. The summed E-state index contributed by atoms with van der Waals surface area (Å²) in [4.78, 5) is 30.4. The number of amides is 2. The fourth-order valence-electron chi connectivity index (χ4n) is 4.27. The van der Waals surface area contributed by atoms with Crippen LogP contribution in [0.4, 0.5) is 5.69 Å². The number of para-hydroxylation sites is 1. The largest absolute Gasteiger partial charge is 0.497 e.